The highest BCUT2D eigenvalue weighted by atomic mass is 35.5. The van der Waals surface area contributed by atoms with Crippen molar-refractivity contribution in [2.45, 2.75) is 33.2 Å². The average molecular weight is 364 g/mol. The van der Waals surface area contributed by atoms with Gasteiger partial charge in [-0.2, -0.15) is 0 Å². The van der Waals surface area contributed by atoms with Gasteiger partial charge in [-0.1, -0.05) is 37.6 Å². The molecule has 6 nitrogen and oxygen atoms in total. The van der Waals surface area contributed by atoms with Gasteiger partial charge < -0.3 is 14.6 Å². The lowest BCUT2D eigenvalue weighted by Crippen LogP contribution is -2.31. The number of nitrogens with one attached hydrogen (secondary N) is 1. The Balaban J connectivity index is 2.12. The molecule has 0 radical (unpaired) electrons. The Bertz CT molecular complexity index is 730. The lowest BCUT2D eigenvalue weighted by atomic mass is 10.2. The average Bonchev–Trinajstić information content (AvgIpc) is 3.08. The van der Waals surface area contributed by atoms with Crippen LogP contribution in [0.5, 0.6) is 0 Å². The lowest BCUT2D eigenvalue weighted by molar-refractivity contribution is 0.0728. The predicted molar refractivity (Wildman–Crippen MR) is 95.6 cm³/mol. The fourth-order valence-electron chi connectivity index (χ4n) is 2.31. The zero-order valence-corrected chi connectivity index (χ0v) is 15.2. The van der Waals surface area contributed by atoms with Crippen molar-refractivity contribution in [2.24, 2.45) is 0 Å². The molecule has 0 spiro atoms. The quantitative estimate of drug-likeness (QED) is 0.778. The Morgan fingerprint density at radius 3 is 2.68 bits per heavy atom. The second-order valence-corrected chi connectivity index (χ2v) is 6.00. The van der Waals surface area contributed by atoms with E-state index in [2.05, 4.69) is 10.3 Å². The van der Waals surface area contributed by atoms with Gasteiger partial charge in [0, 0.05) is 13.1 Å². The molecule has 2 rings (SSSR count). The number of benzene rings is 1. The molecule has 2 aromatic rings. The Kier molecular flexibility index (Phi) is 7.01. The minimum absolute atomic E-state index is 0.180. The molecule has 0 fully saturated rings. The van der Waals surface area contributed by atoms with Crippen molar-refractivity contribution in [3.05, 3.63) is 52.7 Å². The van der Waals surface area contributed by atoms with Gasteiger partial charge in [0.05, 0.1) is 17.1 Å². The molecule has 134 valence electrons. The van der Waals surface area contributed by atoms with Crippen molar-refractivity contribution in [2.75, 3.05) is 13.1 Å². The van der Waals surface area contributed by atoms with Crippen molar-refractivity contribution in [3.63, 3.8) is 0 Å². The lowest BCUT2D eigenvalue weighted by Gasteiger charge is -2.21. The second kappa shape index (κ2) is 9.22. The SMILES string of the molecule is CCCNC(=O)c1coc(CN(CCC)C(=O)c2ccccc2Cl)n1. The number of carbonyl (C=O) groups excluding carboxylic acids is 2. The maximum Gasteiger partial charge on any atom is 0.273 e. The van der Waals surface area contributed by atoms with Crippen LogP contribution in [0, 0.1) is 0 Å². The molecule has 0 aliphatic carbocycles. The minimum atomic E-state index is -0.281. The van der Waals surface area contributed by atoms with Crippen LogP contribution in [0.15, 0.2) is 34.9 Å². The fourth-order valence-corrected chi connectivity index (χ4v) is 2.52. The van der Waals surface area contributed by atoms with E-state index in [9.17, 15) is 9.59 Å². The Hall–Kier alpha value is -2.34. The zero-order valence-electron chi connectivity index (χ0n) is 14.4. The highest BCUT2D eigenvalue weighted by molar-refractivity contribution is 6.33. The van der Waals surface area contributed by atoms with E-state index < -0.39 is 0 Å². The van der Waals surface area contributed by atoms with Crippen LogP contribution in [0.2, 0.25) is 5.02 Å². The first-order valence-electron chi connectivity index (χ1n) is 8.33. The summed E-state index contributed by atoms with van der Waals surface area (Å²) in [5.41, 5.74) is 0.648. The second-order valence-electron chi connectivity index (χ2n) is 5.59. The van der Waals surface area contributed by atoms with E-state index in [1.807, 2.05) is 13.8 Å². The Labute approximate surface area is 152 Å². The molecule has 2 amide bonds. The van der Waals surface area contributed by atoms with Crippen molar-refractivity contribution in [1.29, 1.82) is 0 Å². The number of carbonyl (C=O) groups is 2. The first kappa shape index (κ1) is 19.0. The number of hydrogen-bond donors (Lipinski definition) is 1. The Morgan fingerprint density at radius 2 is 2.00 bits per heavy atom. The van der Waals surface area contributed by atoms with Crippen LogP contribution in [0.3, 0.4) is 0 Å². The minimum Gasteiger partial charge on any atom is -0.446 e. The number of rotatable bonds is 8. The topological polar surface area (TPSA) is 75.4 Å². The number of oxazole rings is 1. The maximum atomic E-state index is 12.7. The first-order chi connectivity index (χ1) is 12.1. The van der Waals surface area contributed by atoms with Gasteiger partial charge in [-0.15, -0.1) is 0 Å². The van der Waals surface area contributed by atoms with Crippen LogP contribution < -0.4 is 5.32 Å². The summed E-state index contributed by atoms with van der Waals surface area (Å²) in [6.07, 6.45) is 2.93. The van der Waals surface area contributed by atoms with E-state index in [1.165, 1.54) is 6.26 Å². The molecule has 1 N–H and O–H groups in total. The van der Waals surface area contributed by atoms with E-state index in [4.69, 9.17) is 16.0 Å². The summed E-state index contributed by atoms with van der Waals surface area (Å²) in [6.45, 7) is 5.24. The largest absolute Gasteiger partial charge is 0.446 e. The molecule has 0 atom stereocenters. The molecule has 1 aromatic carbocycles. The van der Waals surface area contributed by atoms with Crippen LogP contribution in [0.1, 0.15) is 53.4 Å². The summed E-state index contributed by atoms with van der Waals surface area (Å²) >= 11 is 6.12. The molecule has 0 saturated carbocycles. The summed E-state index contributed by atoms with van der Waals surface area (Å²) in [6, 6.07) is 6.91. The predicted octanol–water partition coefficient (Wildman–Crippen LogP) is 3.52. The van der Waals surface area contributed by atoms with E-state index >= 15 is 0 Å². The van der Waals surface area contributed by atoms with Gasteiger partial charge in [-0.3, -0.25) is 9.59 Å². The van der Waals surface area contributed by atoms with E-state index in [1.54, 1.807) is 29.2 Å². The van der Waals surface area contributed by atoms with Crippen molar-refractivity contribution in [1.82, 2.24) is 15.2 Å². The van der Waals surface area contributed by atoms with Gasteiger partial charge in [0.25, 0.3) is 11.8 Å². The molecule has 0 unspecified atom stereocenters. The maximum absolute atomic E-state index is 12.7. The highest BCUT2D eigenvalue weighted by Crippen LogP contribution is 2.18. The third kappa shape index (κ3) is 5.06. The fraction of sp³-hybridized carbons (Fsp3) is 0.389. The van der Waals surface area contributed by atoms with Gasteiger partial charge in [0.15, 0.2) is 5.69 Å². The van der Waals surface area contributed by atoms with Crippen LogP contribution in [0.25, 0.3) is 0 Å². The van der Waals surface area contributed by atoms with Gasteiger partial charge >= 0.3 is 0 Å². The number of nitrogens with zero attached hydrogens (tertiary/aromatic N) is 2. The molecule has 0 saturated heterocycles. The molecule has 25 heavy (non-hydrogen) atoms. The molecule has 7 heteroatoms. The van der Waals surface area contributed by atoms with Gasteiger partial charge in [0.2, 0.25) is 5.89 Å². The van der Waals surface area contributed by atoms with Crippen molar-refractivity contribution in [3.8, 4) is 0 Å². The summed E-state index contributed by atoms with van der Waals surface area (Å²) in [7, 11) is 0. The molecule has 0 aliphatic heterocycles. The zero-order chi connectivity index (χ0) is 18.2. The Morgan fingerprint density at radius 1 is 1.24 bits per heavy atom. The standard InChI is InChI=1S/C18H22ClN3O3/c1-3-9-20-17(23)15-12-25-16(21-15)11-22(10-4-2)18(24)13-7-5-6-8-14(13)19/h5-8,12H,3-4,9-11H2,1-2H3,(H,20,23). The van der Waals surface area contributed by atoms with Crippen LogP contribution in [0.4, 0.5) is 0 Å². The number of hydrogen-bond acceptors (Lipinski definition) is 4. The molecule has 1 heterocycles. The number of amides is 2. The number of halogens is 1. The van der Waals surface area contributed by atoms with E-state index in [-0.39, 0.29) is 24.1 Å². The molecular weight excluding hydrogens is 342 g/mol. The smallest absolute Gasteiger partial charge is 0.273 e. The normalized spacial score (nSPS) is 10.5. The number of aromatic nitrogens is 1. The highest BCUT2D eigenvalue weighted by Gasteiger charge is 2.20. The van der Waals surface area contributed by atoms with Crippen molar-refractivity contribution >= 4 is 23.4 Å². The monoisotopic (exact) mass is 363 g/mol. The molecule has 1 aromatic heterocycles. The van der Waals surface area contributed by atoms with Crippen molar-refractivity contribution < 1.29 is 14.0 Å². The summed E-state index contributed by atoms with van der Waals surface area (Å²) < 4.78 is 5.36. The van der Waals surface area contributed by atoms with Gasteiger partial charge in [-0.05, 0) is 25.0 Å². The van der Waals surface area contributed by atoms with Crippen LogP contribution in [-0.4, -0.2) is 34.8 Å². The third-order valence-electron chi connectivity index (χ3n) is 3.53. The third-order valence-corrected chi connectivity index (χ3v) is 3.86. The first-order valence-corrected chi connectivity index (χ1v) is 8.71. The summed E-state index contributed by atoms with van der Waals surface area (Å²) in [5, 5.41) is 3.14. The van der Waals surface area contributed by atoms with Crippen LogP contribution >= 0.6 is 11.6 Å². The summed E-state index contributed by atoms with van der Waals surface area (Å²) in [5.74, 6) is -0.158. The summed E-state index contributed by atoms with van der Waals surface area (Å²) in [4.78, 5) is 30.4. The van der Waals surface area contributed by atoms with E-state index in [0.29, 0.717) is 29.6 Å². The molecular formula is C18H22ClN3O3. The molecule has 0 aliphatic rings. The van der Waals surface area contributed by atoms with Gasteiger partial charge in [0.1, 0.15) is 6.26 Å². The van der Waals surface area contributed by atoms with Crippen LogP contribution in [-0.2, 0) is 6.54 Å². The molecule has 0 bridgehead atoms. The van der Waals surface area contributed by atoms with Gasteiger partial charge in [-0.25, -0.2) is 4.98 Å². The van der Waals surface area contributed by atoms with E-state index in [0.717, 1.165) is 12.8 Å².